The van der Waals surface area contributed by atoms with Crippen LogP contribution in [0.1, 0.15) is 48.9 Å². The van der Waals surface area contributed by atoms with Gasteiger partial charge in [-0.15, -0.1) is 0 Å². The van der Waals surface area contributed by atoms with Crippen molar-refractivity contribution in [2.45, 2.75) is 51.7 Å². The number of β-amino-alcohol motifs (C(OH)–C–C–N with tert-alkyl or cyclic N) is 1. The number of aliphatic hydroxyl groups excluding tert-OH is 1. The lowest BCUT2D eigenvalue weighted by Gasteiger charge is -2.25. The third-order valence-corrected chi connectivity index (χ3v) is 4.77. The number of hydrogen-bond donors (Lipinski definition) is 1. The van der Waals surface area contributed by atoms with E-state index >= 15 is 0 Å². The molecular weight excluding hydrogens is 323 g/mol. The van der Waals surface area contributed by atoms with Crippen molar-refractivity contribution < 1.29 is 18.8 Å². The van der Waals surface area contributed by atoms with Crippen LogP contribution in [0.15, 0.2) is 28.8 Å². The molecule has 3 rings (SSSR count). The predicted octanol–water partition coefficient (Wildman–Crippen LogP) is 2.82. The van der Waals surface area contributed by atoms with Crippen molar-refractivity contribution in [3.63, 3.8) is 0 Å². The second-order valence-electron chi connectivity index (χ2n) is 6.42. The molecule has 0 saturated carbocycles. The van der Waals surface area contributed by atoms with E-state index in [2.05, 4.69) is 5.16 Å². The molecule has 0 spiro atoms. The van der Waals surface area contributed by atoms with Gasteiger partial charge in [0.25, 0.3) is 0 Å². The fourth-order valence-corrected chi connectivity index (χ4v) is 3.51. The van der Waals surface area contributed by atoms with E-state index in [1.54, 1.807) is 17.0 Å². The highest BCUT2D eigenvalue weighted by Crippen LogP contribution is 2.33. The van der Waals surface area contributed by atoms with E-state index < -0.39 is 6.10 Å². The summed E-state index contributed by atoms with van der Waals surface area (Å²) in [5.41, 5.74) is 2.35. The lowest BCUT2D eigenvalue weighted by Crippen LogP contribution is -2.33. The van der Waals surface area contributed by atoms with E-state index in [-0.39, 0.29) is 30.7 Å². The number of carbonyl (C=O) groups excluding carboxylic acids is 1. The summed E-state index contributed by atoms with van der Waals surface area (Å²) in [6, 6.07) is 5.91. The molecule has 2 atom stereocenters. The van der Waals surface area contributed by atoms with Crippen LogP contribution in [-0.4, -0.2) is 33.7 Å². The van der Waals surface area contributed by atoms with Crippen LogP contribution in [0.3, 0.4) is 0 Å². The molecule has 1 aromatic heterocycles. The Morgan fingerprint density at radius 3 is 2.88 bits per heavy atom. The van der Waals surface area contributed by atoms with Crippen molar-refractivity contribution in [3.05, 3.63) is 52.7 Å². The van der Waals surface area contributed by atoms with Crippen LogP contribution in [-0.2, 0) is 24.1 Å². The Bertz CT molecular complexity index is 737. The van der Waals surface area contributed by atoms with Gasteiger partial charge in [0.2, 0.25) is 5.91 Å². The van der Waals surface area contributed by atoms with Crippen LogP contribution in [0.25, 0.3) is 0 Å². The van der Waals surface area contributed by atoms with Gasteiger partial charge in [-0.1, -0.05) is 31.1 Å². The fraction of sp³-hybridized carbons (Fsp3) is 0.474. The average molecular weight is 346 g/mol. The normalized spacial score (nSPS) is 20.2. The van der Waals surface area contributed by atoms with Gasteiger partial charge in [-0.25, -0.2) is 4.39 Å². The Hall–Kier alpha value is -2.21. The maximum atomic E-state index is 13.6. The molecule has 0 aliphatic carbocycles. The molecule has 0 bridgehead atoms. The zero-order valence-electron chi connectivity index (χ0n) is 14.5. The van der Waals surface area contributed by atoms with Crippen molar-refractivity contribution in [1.82, 2.24) is 10.1 Å². The number of aryl methyl sites for hydroxylation is 2. The topological polar surface area (TPSA) is 66.6 Å². The minimum atomic E-state index is -0.601. The molecular formula is C19H23FN2O3. The van der Waals surface area contributed by atoms with Crippen molar-refractivity contribution in [2.24, 2.45) is 0 Å². The van der Waals surface area contributed by atoms with Gasteiger partial charge in [-0.05, 0) is 30.5 Å². The van der Waals surface area contributed by atoms with Gasteiger partial charge >= 0.3 is 0 Å². The molecule has 2 aromatic rings. The van der Waals surface area contributed by atoms with Gasteiger partial charge in [-0.2, -0.15) is 0 Å². The number of hydrogen-bond acceptors (Lipinski definition) is 4. The number of halogens is 1. The third-order valence-electron chi connectivity index (χ3n) is 4.77. The molecule has 134 valence electrons. The van der Waals surface area contributed by atoms with Gasteiger partial charge in [-0.3, -0.25) is 4.79 Å². The SMILES string of the molecule is CCc1noc(CC)c1CC(=O)N1CC(O)CC1c1cccc(F)c1. The highest BCUT2D eigenvalue weighted by atomic mass is 19.1. The lowest BCUT2D eigenvalue weighted by molar-refractivity contribution is -0.131. The number of benzene rings is 1. The molecule has 1 aliphatic heterocycles. The van der Waals surface area contributed by atoms with E-state index in [1.807, 2.05) is 13.8 Å². The first-order valence-electron chi connectivity index (χ1n) is 8.72. The number of likely N-dealkylation sites (tertiary alicyclic amines) is 1. The molecule has 5 nitrogen and oxygen atoms in total. The summed E-state index contributed by atoms with van der Waals surface area (Å²) in [6.07, 6.45) is 1.37. The van der Waals surface area contributed by atoms with Crippen LogP contribution in [0, 0.1) is 5.82 Å². The first kappa shape index (κ1) is 17.6. The van der Waals surface area contributed by atoms with Crippen LogP contribution >= 0.6 is 0 Å². The summed E-state index contributed by atoms with van der Waals surface area (Å²) in [6.45, 7) is 4.19. The minimum absolute atomic E-state index is 0.0987. The summed E-state index contributed by atoms with van der Waals surface area (Å²) in [4.78, 5) is 14.6. The Morgan fingerprint density at radius 2 is 2.20 bits per heavy atom. The zero-order chi connectivity index (χ0) is 18.0. The predicted molar refractivity (Wildman–Crippen MR) is 90.4 cm³/mol. The summed E-state index contributed by atoms with van der Waals surface area (Å²) in [5.74, 6) is 0.289. The standard InChI is InChI=1S/C19H23FN2O3/c1-3-16-15(18(4-2)25-21-16)10-19(24)22-11-14(23)9-17(22)12-6-5-7-13(20)8-12/h5-8,14,17,23H,3-4,9-11H2,1-2H3. The first-order chi connectivity index (χ1) is 12.0. The number of amides is 1. The van der Waals surface area contributed by atoms with Crippen LogP contribution in [0.5, 0.6) is 0 Å². The van der Waals surface area contributed by atoms with E-state index in [0.29, 0.717) is 24.8 Å². The quantitative estimate of drug-likeness (QED) is 0.904. The Balaban J connectivity index is 1.84. The average Bonchev–Trinajstić information content (AvgIpc) is 3.17. The highest BCUT2D eigenvalue weighted by molar-refractivity contribution is 5.80. The summed E-state index contributed by atoms with van der Waals surface area (Å²) in [7, 11) is 0. The number of nitrogens with zero attached hydrogens (tertiary/aromatic N) is 2. The number of aliphatic hydroxyl groups is 1. The molecule has 25 heavy (non-hydrogen) atoms. The van der Waals surface area contributed by atoms with Gasteiger partial charge in [0.05, 0.1) is 24.3 Å². The summed E-state index contributed by atoms with van der Waals surface area (Å²) >= 11 is 0. The lowest BCUT2D eigenvalue weighted by atomic mass is 10.0. The summed E-state index contributed by atoms with van der Waals surface area (Å²) < 4.78 is 18.9. The third kappa shape index (κ3) is 3.58. The second kappa shape index (κ2) is 7.35. The van der Waals surface area contributed by atoms with Crippen LogP contribution in [0.2, 0.25) is 0 Å². The maximum absolute atomic E-state index is 13.6. The molecule has 1 N–H and O–H groups in total. The zero-order valence-corrected chi connectivity index (χ0v) is 14.5. The van der Waals surface area contributed by atoms with Crippen LogP contribution in [0.4, 0.5) is 4.39 Å². The number of aromatic nitrogens is 1. The van der Waals surface area contributed by atoms with E-state index in [4.69, 9.17) is 4.52 Å². The highest BCUT2D eigenvalue weighted by Gasteiger charge is 2.36. The fourth-order valence-electron chi connectivity index (χ4n) is 3.51. The minimum Gasteiger partial charge on any atom is -0.391 e. The molecule has 1 aromatic carbocycles. The number of rotatable bonds is 5. The molecule has 1 aliphatic rings. The second-order valence-corrected chi connectivity index (χ2v) is 6.42. The van der Waals surface area contributed by atoms with Crippen LogP contribution < -0.4 is 0 Å². The molecule has 1 amide bonds. The van der Waals surface area contributed by atoms with E-state index in [1.165, 1.54) is 12.1 Å². The maximum Gasteiger partial charge on any atom is 0.227 e. The largest absolute Gasteiger partial charge is 0.391 e. The van der Waals surface area contributed by atoms with Crippen molar-refractivity contribution in [2.75, 3.05) is 6.54 Å². The molecule has 1 fully saturated rings. The smallest absolute Gasteiger partial charge is 0.227 e. The van der Waals surface area contributed by atoms with Gasteiger partial charge in [0, 0.05) is 18.5 Å². The Labute approximate surface area is 146 Å². The van der Waals surface area contributed by atoms with E-state index in [0.717, 1.165) is 17.0 Å². The van der Waals surface area contributed by atoms with Gasteiger partial charge in [0.1, 0.15) is 11.6 Å². The molecule has 1 saturated heterocycles. The molecule has 6 heteroatoms. The monoisotopic (exact) mass is 346 g/mol. The first-order valence-corrected chi connectivity index (χ1v) is 8.72. The van der Waals surface area contributed by atoms with Crippen molar-refractivity contribution >= 4 is 5.91 Å². The molecule has 0 radical (unpaired) electrons. The van der Waals surface area contributed by atoms with Gasteiger partial charge < -0.3 is 14.5 Å². The Kier molecular flexibility index (Phi) is 5.18. The van der Waals surface area contributed by atoms with Crippen molar-refractivity contribution in [3.8, 4) is 0 Å². The van der Waals surface area contributed by atoms with E-state index in [9.17, 15) is 14.3 Å². The summed E-state index contributed by atoms with van der Waals surface area (Å²) in [5, 5.41) is 14.1. The molecule has 2 unspecified atom stereocenters. The Morgan fingerprint density at radius 1 is 1.40 bits per heavy atom. The van der Waals surface area contributed by atoms with Gasteiger partial charge in [0.15, 0.2) is 0 Å². The number of carbonyl (C=O) groups is 1. The molecule has 2 heterocycles. The van der Waals surface area contributed by atoms with Crippen molar-refractivity contribution in [1.29, 1.82) is 0 Å².